The van der Waals surface area contributed by atoms with E-state index in [1.807, 2.05) is 0 Å². The molecular formula is C17H25N3. The van der Waals surface area contributed by atoms with Gasteiger partial charge in [0.2, 0.25) is 0 Å². The maximum atomic E-state index is 4.82. The van der Waals surface area contributed by atoms with Crippen LogP contribution in [0.25, 0.3) is 11.0 Å². The summed E-state index contributed by atoms with van der Waals surface area (Å²) in [5, 5.41) is 3.45. The number of para-hydroxylation sites is 2. The zero-order valence-electron chi connectivity index (χ0n) is 12.4. The normalized spacial score (nSPS) is 16.9. The van der Waals surface area contributed by atoms with E-state index in [2.05, 4.69) is 41.1 Å². The summed E-state index contributed by atoms with van der Waals surface area (Å²) in [5.41, 5.74) is 2.46. The van der Waals surface area contributed by atoms with Crippen molar-refractivity contribution in [3.8, 4) is 0 Å². The van der Waals surface area contributed by atoms with Crippen molar-refractivity contribution in [1.82, 2.24) is 14.9 Å². The van der Waals surface area contributed by atoms with E-state index < -0.39 is 0 Å². The lowest BCUT2D eigenvalue weighted by Gasteiger charge is -2.23. The predicted molar refractivity (Wildman–Crippen MR) is 83.9 cm³/mol. The summed E-state index contributed by atoms with van der Waals surface area (Å²) in [7, 11) is 0. The number of benzene rings is 1. The summed E-state index contributed by atoms with van der Waals surface area (Å²) in [4.78, 5) is 4.82. The van der Waals surface area contributed by atoms with Crippen molar-refractivity contribution < 1.29 is 0 Å². The summed E-state index contributed by atoms with van der Waals surface area (Å²) in [6.45, 7) is 5.74. The first-order chi connectivity index (χ1) is 9.88. The molecule has 0 atom stereocenters. The molecule has 1 saturated heterocycles. The number of hydrogen-bond donors (Lipinski definition) is 1. The van der Waals surface area contributed by atoms with E-state index in [-0.39, 0.29) is 0 Å². The van der Waals surface area contributed by atoms with Gasteiger partial charge in [0.25, 0.3) is 0 Å². The van der Waals surface area contributed by atoms with Crippen LogP contribution in [-0.4, -0.2) is 22.6 Å². The number of piperidine rings is 1. The standard InChI is InChI=1S/C17H25N3/c1-2-5-17-19-15-6-3-4-7-16(15)20(17)13-10-14-8-11-18-12-9-14/h3-4,6-7,14,18H,2,5,8-13H2,1H3. The highest BCUT2D eigenvalue weighted by molar-refractivity contribution is 5.75. The molecule has 108 valence electrons. The van der Waals surface area contributed by atoms with Gasteiger partial charge in [0.05, 0.1) is 11.0 Å². The fraction of sp³-hybridized carbons (Fsp3) is 0.588. The highest BCUT2D eigenvalue weighted by Crippen LogP contribution is 2.21. The third-order valence-electron chi connectivity index (χ3n) is 4.43. The van der Waals surface area contributed by atoms with Crippen LogP contribution < -0.4 is 5.32 Å². The van der Waals surface area contributed by atoms with Crippen LogP contribution >= 0.6 is 0 Å². The third-order valence-corrected chi connectivity index (χ3v) is 4.43. The fourth-order valence-corrected chi connectivity index (χ4v) is 3.27. The molecule has 0 spiro atoms. The van der Waals surface area contributed by atoms with Gasteiger partial charge in [0, 0.05) is 13.0 Å². The number of aromatic nitrogens is 2. The Morgan fingerprint density at radius 2 is 2.05 bits per heavy atom. The summed E-state index contributed by atoms with van der Waals surface area (Å²) < 4.78 is 2.46. The molecule has 3 rings (SSSR count). The topological polar surface area (TPSA) is 29.9 Å². The Morgan fingerprint density at radius 3 is 2.85 bits per heavy atom. The number of nitrogens with one attached hydrogen (secondary N) is 1. The van der Waals surface area contributed by atoms with Gasteiger partial charge in [-0.3, -0.25) is 0 Å². The minimum Gasteiger partial charge on any atom is -0.328 e. The minimum absolute atomic E-state index is 0.881. The van der Waals surface area contributed by atoms with E-state index in [4.69, 9.17) is 4.98 Å². The molecule has 0 saturated carbocycles. The molecule has 1 aliphatic rings. The molecule has 1 fully saturated rings. The van der Waals surface area contributed by atoms with Crippen molar-refractivity contribution in [1.29, 1.82) is 0 Å². The van der Waals surface area contributed by atoms with Crippen LogP contribution in [-0.2, 0) is 13.0 Å². The Bertz CT molecular complexity index is 552. The highest BCUT2D eigenvalue weighted by atomic mass is 15.1. The Morgan fingerprint density at radius 1 is 1.25 bits per heavy atom. The molecule has 1 N–H and O–H groups in total. The largest absolute Gasteiger partial charge is 0.328 e. The molecule has 0 amide bonds. The smallest absolute Gasteiger partial charge is 0.109 e. The molecule has 20 heavy (non-hydrogen) atoms. The van der Waals surface area contributed by atoms with Crippen LogP contribution in [0.4, 0.5) is 0 Å². The second kappa shape index (κ2) is 6.40. The monoisotopic (exact) mass is 271 g/mol. The minimum atomic E-state index is 0.881. The Kier molecular flexibility index (Phi) is 4.36. The quantitative estimate of drug-likeness (QED) is 0.903. The highest BCUT2D eigenvalue weighted by Gasteiger charge is 2.15. The maximum absolute atomic E-state index is 4.82. The molecule has 2 heterocycles. The van der Waals surface area contributed by atoms with Crippen LogP contribution in [0.2, 0.25) is 0 Å². The predicted octanol–water partition coefficient (Wildman–Crippen LogP) is 3.38. The molecule has 1 aromatic carbocycles. The lowest BCUT2D eigenvalue weighted by molar-refractivity contribution is 0.337. The third kappa shape index (κ3) is 2.88. The lowest BCUT2D eigenvalue weighted by atomic mass is 9.94. The molecule has 0 radical (unpaired) electrons. The van der Waals surface area contributed by atoms with Crippen LogP contribution in [0.3, 0.4) is 0 Å². The SMILES string of the molecule is CCCc1nc2ccccc2n1CCC1CCNCC1. The van der Waals surface area contributed by atoms with Gasteiger partial charge >= 0.3 is 0 Å². The van der Waals surface area contributed by atoms with Gasteiger partial charge in [-0.25, -0.2) is 4.98 Å². The summed E-state index contributed by atoms with van der Waals surface area (Å²) in [5.74, 6) is 2.15. The van der Waals surface area contributed by atoms with Crippen molar-refractivity contribution in [2.45, 2.75) is 45.6 Å². The molecule has 0 aliphatic carbocycles. The van der Waals surface area contributed by atoms with E-state index in [0.717, 1.165) is 30.8 Å². The maximum Gasteiger partial charge on any atom is 0.109 e. The molecule has 0 bridgehead atoms. The first-order valence-corrected chi connectivity index (χ1v) is 8.03. The average molecular weight is 271 g/mol. The number of imidazole rings is 1. The van der Waals surface area contributed by atoms with Crippen molar-refractivity contribution in [3.63, 3.8) is 0 Å². The van der Waals surface area contributed by atoms with Crippen LogP contribution in [0, 0.1) is 5.92 Å². The number of fused-ring (bicyclic) bond motifs is 1. The van der Waals surface area contributed by atoms with Crippen LogP contribution in [0.5, 0.6) is 0 Å². The molecule has 2 aromatic rings. The lowest BCUT2D eigenvalue weighted by Crippen LogP contribution is -2.28. The molecule has 3 heteroatoms. The Labute approximate surface area is 121 Å². The number of rotatable bonds is 5. The van der Waals surface area contributed by atoms with Crippen LogP contribution in [0.1, 0.15) is 38.4 Å². The van der Waals surface area contributed by atoms with Gasteiger partial charge in [-0.2, -0.15) is 0 Å². The van der Waals surface area contributed by atoms with Crippen molar-refractivity contribution in [2.75, 3.05) is 13.1 Å². The second-order valence-electron chi connectivity index (χ2n) is 5.90. The van der Waals surface area contributed by atoms with Gasteiger partial charge in [0.1, 0.15) is 5.82 Å². The van der Waals surface area contributed by atoms with Gasteiger partial charge < -0.3 is 9.88 Å². The van der Waals surface area contributed by atoms with Crippen LogP contribution in [0.15, 0.2) is 24.3 Å². The van der Waals surface area contributed by atoms with Gasteiger partial charge in [-0.1, -0.05) is 19.1 Å². The number of hydrogen-bond acceptors (Lipinski definition) is 2. The van der Waals surface area contributed by atoms with E-state index in [0.29, 0.717) is 0 Å². The zero-order valence-corrected chi connectivity index (χ0v) is 12.4. The summed E-state index contributed by atoms with van der Waals surface area (Å²) >= 11 is 0. The second-order valence-corrected chi connectivity index (χ2v) is 5.90. The molecular weight excluding hydrogens is 246 g/mol. The first-order valence-electron chi connectivity index (χ1n) is 8.03. The number of aryl methyl sites for hydroxylation is 2. The van der Waals surface area contributed by atoms with Gasteiger partial charge in [0.15, 0.2) is 0 Å². The zero-order chi connectivity index (χ0) is 13.8. The van der Waals surface area contributed by atoms with E-state index >= 15 is 0 Å². The van der Waals surface area contributed by atoms with Crippen molar-refractivity contribution in [2.24, 2.45) is 5.92 Å². The molecule has 0 unspecified atom stereocenters. The summed E-state index contributed by atoms with van der Waals surface area (Å²) in [6, 6.07) is 8.56. The Balaban J connectivity index is 1.79. The van der Waals surface area contributed by atoms with E-state index in [9.17, 15) is 0 Å². The fourth-order valence-electron chi connectivity index (χ4n) is 3.27. The average Bonchev–Trinajstić information content (AvgIpc) is 2.84. The van der Waals surface area contributed by atoms with E-state index in [1.54, 1.807) is 0 Å². The van der Waals surface area contributed by atoms with Crippen molar-refractivity contribution in [3.05, 3.63) is 30.1 Å². The van der Waals surface area contributed by atoms with Gasteiger partial charge in [-0.05, 0) is 56.8 Å². The first kappa shape index (κ1) is 13.6. The summed E-state index contributed by atoms with van der Waals surface area (Å²) in [6.07, 6.45) is 6.20. The van der Waals surface area contributed by atoms with E-state index in [1.165, 1.54) is 43.7 Å². The Hall–Kier alpha value is -1.35. The van der Waals surface area contributed by atoms with Crippen molar-refractivity contribution >= 4 is 11.0 Å². The van der Waals surface area contributed by atoms with Gasteiger partial charge in [-0.15, -0.1) is 0 Å². The molecule has 3 nitrogen and oxygen atoms in total. The molecule has 1 aromatic heterocycles. The molecule has 1 aliphatic heterocycles. The number of nitrogens with zero attached hydrogens (tertiary/aromatic N) is 2.